The number of pyridine rings is 1. The van der Waals surface area contributed by atoms with Gasteiger partial charge in [-0.25, -0.2) is 4.98 Å². The summed E-state index contributed by atoms with van der Waals surface area (Å²) in [5, 5.41) is 21.0. The molecule has 0 saturated heterocycles. The molecular formula is C31H39N7O7. The first-order valence-corrected chi connectivity index (χ1v) is 15.5. The second-order valence-corrected chi connectivity index (χ2v) is 12.3. The summed E-state index contributed by atoms with van der Waals surface area (Å²) < 4.78 is 1.20. The summed E-state index contributed by atoms with van der Waals surface area (Å²) in [7, 11) is 0. The maximum Gasteiger partial charge on any atom is 0.287 e. The highest BCUT2D eigenvalue weighted by Gasteiger charge is 2.49. The van der Waals surface area contributed by atoms with Gasteiger partial charge in [-0.2, -0.15) is 0 Å². The quantitative estimate of drug-likeness (QED) is 0.205. The zero-order valence-electron chi connectivity index (χ0n) is 25.1. The average Bonchev–Trinajstić information content (AvgIpc) is 3.22. The molecule has 4 amide bonds. The highest BCUT2D eigenvalue weighted by Crippen LogP contribution is 2.51. The van der Waals surface area contributed by atoms with Crippen LogP contribution in [-0.2, 0) is 25.7 Å². The number of aromatic nitrogens is 3. The minimum Gasteiger partial charge on any atom is -0.393 e. The van der Waals surface area contributed by atoms with Crippen LogP contribution in [0.1, 0.15) is 62.4 Å². The van der Waals surface area contributed by atoms with Crippen molar-refractivity contribution < 1.29 is 29.1 Å². The normalized spacial score (nSPS) is 25.5. The van der Waals surface area contributed by atoms with E-state index in [2.05, 4.69) is 31.2 Å². The number of carbonyl (C=O) groups is 5. The van der Waals surface area contributed by atoms with Crippen molar-refractivity contribution in [1.29, 1.82) is 0 Å². The first kappa shape index (κ1) is 31.9. The summed E-state index contributed by atoms with van der Waals surface area (Å²) in [5.41, 5.74) is -0.808. The lowest BCUT2D eigenvalue weighted by Gasteiger charge is -2.46. The van der Waals surface area contributed by atoms with Crippen molar-refractivity contribution in [3.05, 3.63) is 53.0 Å². The lowest BCUT2D eigenvalue weighted by molar-refractivity contribution is -0.138. The molecule has 0 aliphatic heterocycles. The van der Waals surface area contributed by atoms with Gasteiger partial charge in [-0.15, -0.1) is 0 Å². The monoisotopic (exact) mass is 621 g/mol. The number of anilines is 1. The van der Waals surface area contributed by atoms with E-state index < -0.39 is 35.1 Å². The van der Waals surface area contributed by atoms with Gasteiger partial charge < -0.3 is 30.9 Å². The SMILES string of the molecule is CCNC(=O)C(=O)CC[C@H](NC(=O)c1cnccn1)C(=O)Nc1cccn(CC(=O)NC2C3CC4CC(O)C(C3)CC2C4)c1=O. The third kappa shape index (κ3) is 7.62. The summed E-state index contributed by atoms with van der Waals surface area (Å²) in [6.45, 7) is 1.67. The first-order chi connectivity index (χ1) is 21.6. The molecule has 45 heavy (non-hydrogen) atoms. The fourth-order valence-electron chi connectivity index (χ4n) is 7.19. The van der Waals surface area contributed by atoms with Crippen molar-refractivity contribution in [2.24, 2.45) is 23.7 Å². The summed E-state index contributed by atoms with van der Waals surface area (Å²) >= 11 is 0. The van der Waals surface area contributed by atoms with Crippen LogP contribution in [0, 0.1) is 23.7 Å². The topological polar surface area (TPSA) is 201 Å². The number of rotatable bonds is 12. The van der Waals surface area contributed by atoms with Gasteiger partial charge >= 0.3 is 0 Å². The molecule has 4 aliphatic rings. The molecule has 0 radical (unpaired) electrons. The van der Waals surface area contributed by atoms with Crippen molar-refractivity contribution >= 4 is 35.1 Å². The van der Waals surface area contributed by atoms with Gasteiger partial charge in [0.1, 0.15) is 24.0 Å². The molecule has 4 fully saturated rings. The summed E-state index contributed by atoms with van der Waals surface area (Å²) in [6, 6.07) is 1.61. The van der Waals surface area contributed by atoms with Crippen LogP contribution in [0.4, 0.5) is 5.69 Å². The molecule has 240 valence electrons. The van der Waals surface area contributed by atoms with E-state index in [0.29, 0.717) is 17.8 Å². The van der Waals surface area contributed by atoms with Gasteiger partial charge in [0.25, 0.3) is 17.4 Å². The van der Waals surface area contributed by atoms with Crippen molar-refractivity contribution in [3.63, 3.8) is 0 Å². The number of carbonyl (C=O) groups excluding carboxylic acids is 5. The largest absolute Gasteiger partial charge is 0.393 e. The molecule has 3 unspecified atom stereocenters. The number of aliphatic hydroxyl groups excluding tert-OH is 1. The van der Waals surface area contributed by atoms with Gasteiger partial charge in [-0.05, 0) is 81.3 Å². The zero-order valence-corrected chi connectivity index (χ0v) is 25.1. The van der Waals surface area contributed by atoms with Gasteiger partial charge in [0, 0.05) is 37.6 Å². The van der Waals surface area contributed by atoms with Gasteiger partial charge in [-0.3, -0.25) is 33.8 Å². The number of likely N-dealkylation sites (N-methyl/N-ethyl adjacent to an activating group) is 1. The first-order valence-electron chi connectivity index (χ1n) is 15.5. The summed E-state index contributed by atoms with van der Waals surface area (Å²) in [4.78, 5) is 84.4. The van der Waals surface area contributed by atoms with E-state index in [0.717, 1.165) is 32.1 Å². The molecule has 4 aliphatic carbocycles. The van der Waals surface area contributed by atoms with Crippen LogP contribution in [0.25, 0.3) is 0 Å². The summed E-state index contributed by atoms with van der Waals surface area (Å²) in [6.07, 6.45) is 9.11. The lowest BCUT2D eigenvalue weighted by atomic mass is 9.64. The average molecular weight is 622 g/mol. The van der Waals surface area contributed by atoms with E-state index >= 15 is 0 Å². The predicted molar refractivity (Wildman–Crippen MR) is 161 cm³/mol. The smallest absolute Gasteiger partial charge is 0.287 e. The molecule has 2 heterocycles. The van der Waals surface area contributed by atoms with Gasteiger partial charge in [0.15, 0.2) is 0 Å². The third-order valence-electron chi connectivity index (χ3n) is 9.21. The second-order valence-electron chi connectivity index (χ2n) is 12.3. The number of Topliss-reactive ketones (excluding diaryl/α,β-unsaturated/α-hetero) is 1. The molecule has 4 saturated carbocycles. The van der Waals surface area contributed by atoms with E-state index in [-0.39, 0.29) is 61.3 Å². The molecule has 6 rings (SSSR count). The van der Waals surface area contributed by atoms with Crippen molar-refractivity contribution in [3.8, 4) is 0 Å². The minimum atomic E-state index is -1.30. The standard InChI is InChI=1S/C31H39N7O7/c1-2-33-30(44)24(39)6-5-21(35-29(43)23-15-32-7-8-34-23)28(42)36-22-4-3-9-38(31(22)45)16-26(41)37-27-19-10-17-11-20(27)14-18(13-19)25(40)12-17/h3-4,7-9,15,17-21,25,27,40H,2,5-6,10-14,16H2,1H3,(H,33,44)(H,35,43)(H,36,42)(H,37,41)/t17?,18?,19?,20?,21-,25?,27?/m0/s1. The van der Waals surface area contributed by atoms with Crippen LogP contribution < -0.4 is 26.8 Å². The Hall–Kier alpha value is -4.46. The Kier molecular flexibility index (Phi) is 10.0. The third-order valence-corrected chi connectivity index (χ3v) is 9.21. The molecule has 2 aromatic heterocycles. The maximum atomic E-state index is 13.3. The highest BCUT2D eigenvalue weighted by atomic mass is 16.3. The molecule has 4 atom stereocenters. The molecule has 2 aromatic rings. The second kappa shape index (κ2) is 14.1. The number of nitrogens with zero attached hydrogens (tertiary/aromatic N) is 3. The van der Waals surface area contributed by atoms with E-state index in [4.69, 9.17) is 0 Å². The Morgan fingerprint density at radius 2 is 1.80 bits per heavy atom. The number of ketones is 1. The van der Waals surface area contributed by atoms with Crippen LogP contribution >= 0.6 is 0 Å². The minimum absolute atomic E-state index is 0.00896. The van der Waals surface area contributed by atoms with Crippen LogP contribution in [0.3, 0.4) is 0 Å². The van der Waals surface area contributed by atoms with Crippen LogP contribution in [0.2, 0.25) is 0 Å². The molecule has 0 spiro atoms. The predicted octanol–water partition coefficient (Wildman–Crippen LogP) is 0.163. The van der Waals surface area contributed by atoms with E-state index in [1.807, 2.05) is 0 Å². The fraction of sp³-hybridized carbons (Fsp3) is 0.548. The van der Waals surface area contributed by atoms with Gasteiger partial charge in [0.05, 0.1) is 12.3 Å². The Morgan fingerprint density at radius 3 is 2.49 bits per heavy atom. The molecule has 5 N–H and O–H groups in total. The maximum absolute atomic E-state index is 13.3. The summed E-state index contributed by atoms with van der Waals surface area (Å²) in [5.74, 6) is -2.01. The van der Waals surface area contributed by atoms with E-state index in [1.165, 1.54) is 41.5 Å². The number of hydrogen-bond acceptors (Lipinski definition) is 9. The molecular weight excluding hydrogens is 582 g/mol. The van der Waals surface area contributed by atoms with E-state index in [9.17, 15) is 33.9 Å². The Labute approximate surface area is 259 Å². The fourth-order valence-corrected chi connectivity index (χ4v) is 7.19. The number of hydrogen-bond donors (Lipinski definition) is 5. The van der Waals surface area contributed by atoms with Gasteiger partial charge in [0.2, 0.25) is 17.6 Å². The number of amides is 4. The van der Waals surface area contributed by atoms with Crippen LogP contribution in [-0.4, -0.2) is 73.8 Å². The van der Waals surface area contributed by atoms with Crippen LogP contribution in [0.5, 0.6) is 0 Å². The van der Waals surface area contributed by atoms with Crippen LogP contribution in [0.15, 0.2) is 41.7 Å². The molecule has 4 bridgehead atoms. The Bertz CT molecular complexity index is 1480. The number of aliphatic hydroxyl groups is 1. The zero-order chi connectivity index (χ0) is 32.1. The Balaban J connectivity index is 1.24. The number of fused-ring (bicyclic) bond motifs is 1. The number of nitrogens with one attached hydrogen (secondary N) is 4. The van der Waals surface area contributed by atoms with Crippen molar-refractivity contribution in [1.82, 2.24) is 30.5 Å². The van der Waals surface area contributed by atoms with E-state index in [1.54, 1.807) is 6.92 Å². The highest BCUT2D eigenvalue weighted by molar-refractivity contribution is 6.36. The molecule has 14 heteroatoms. The molecule has 14 nitrogen and oxygen atoms in total. The lowest BCUT2D eigenvalue weighted by Crippen LogP contribution is -2.53. The van der Waals surface area contributed by atoms with Gasteiger partial charge in [-0.1, -0.05) is 0 Å². The Morgan fingerprint density at radius 1 is 1.04 bits per heavy atom. The van der Waals surface area contributed by atoms with Crippen molar-refractivity contribution in [2.45, 2.75) is 76.6 Å². The molecule has 0 aromatic carbocycles. The van der Waals surface area contributed by atoms with Crippen molar-refractivity contribution in [2.75, 3.05) is 11.9 Å².